The van der Waals surface area contributed by atoms with Crippen LogP contribution in [-0.4, -0.2) is 17.3 Å². The van der Waals surface area contributed by atoms with Gasteiger partial charge in [0.05, 0.1) is 0 Å². The van der Waals surface area contributed by atoms with E-state index in [4.69, 9.17) is 4.74 Å². The standard InChI is InChI=1S/C18H24OS/c1-4-20(5-2,6-3)18-15-11-10-14-17(18)19-16-12-8-7-9-13-16/h7-15H,4-6H2,1-3H3. The van der Waals surface area contributed by atoms with Crippen molar-refractivity contribution in [3.63, 3.8) is 0 Å². The summed E-state index contributed by atoms with van der Waals surface area (Å²) in [5.41, 5.74) is 0. The Balaban J connectivity index is 2.40. The highest BCUT2D eigenvalue weighted by molar-refractivity contribution is 8.33. The summed E-state index contributed by atoms with van der Waals surface area (Å²) < 4.78 is 6.14. The topological polar surface area (TPSA) is 9.23 Å². The van der Waals surface area contributed by atoms with Gasteiger partial charge in [-0.2, -0.15) is 0 Å². The first-order chi connectivity index (χ1) is 9.75. The zero-order chi connectivity index (χ0) is 14.4. The van der Waals surface area contributed by atoms with E-state index in [1.54, 1.807) is 0 Å². The van der Waals surface area contributed by atoms with E-state index < -0.39 is 10.0 Å². The minimum absolute atomic E-state index is 0.765. The van der Waals surface area contributed by atoms with Crippen molar-refractivity contribution in [1.29, 1.82) is 0 Å². The van der Waals surface area contributed by atoms with Crippen LogP contribution in [0.25, 0.3) is 0 Å². The lowest BCUT2D eigenvalue weighted by atomic mass is 10.3. The van der Waals surface area contributed by atoms with E-state index in [0.717, 1.165) is 11.5 Å². The maximum atomic E-state index is 6.14. The lowest BCUT2D eigenvalue weighted by Crippen LogP contribution is -2.10. The second kappa shape index (κ2) is 6.85. The largest absolute Gasteiger partial charge is 0.456 e. The van der Waals surface area contributed by atoms with Crippen molar-refractivity contribution < 1.29 is 4.74 Å². The second-order valence-corrected chi connectivity index (χ2v) is 9.04. The minimum atomic E-state index is -0.765. The van der Waals surface area contributed by atoms with Crippen LogP contribution in [0.4, 0.5) is 0 Å². The Bertz CT molecular complexity index is 524. The molecule has 0 aliphatic carbocycles. The van der Waals surface area contributed by atoms with Crippen LogP contribution in [0.2, 0.25) is 0 Å². The number of benzene rings is 2. The number of hydrogen-bond acceptors (Lipinski definition) is 1. The molecule has 0 bridgehead atoms. The Morgan fingerprint density at radius 1 is 0.750 bits per heavy atom. The molecule has 2 heteroatoms. The highest BCUT2D eigenvalue weighted by Crippen LogP contribution is 2.58. The number of rotatable bonds is 6. The second-order valence-electron chi connectivity index (χ2n) is 4.77. The smallest absolute Gasteiger partial charge is 0.139 e. The average molecular weight is 288 g/mol. The third-order valence-electron chi connectivity index (χ3n) is 3.94. The molecule has 0 atom stereocenters. The van der Waals surface area contributed by atoms with Crippen molar-refractivity contribution in [3.8, 4) is 11.5 Å². The highest BCUT2D eigenvalue weighted by Gasteiger charge is 2.24. The van der Waals surface area contributed by atoms with E-state index in [2.05, 4.69) is 45.0 Å². The monoisotopic (exact) mass is 288 g/mol. The molecule has 0 saturated carbocycles. The average Bonchev–Trinajstić information content (AvgIpc) is 2.52. The van der Waals surface area contributed by atoms with E-state index in [9.17, 15) is 0 Å². The van der Waals surface area contributed by atoms with Gasteiger partial charge >= 0.3 is 0 Å². The number of ether oxygens (including phenoxy) is 1. The molecular formula is C18H24OS. The molecule has 2 aromatic rings. The summed E-state index contributed by atoms with van der Waals surface area (Å²) in [6.45, 7) is 6.92. The zero-order valence-electron chi connectivity index (χ0n) is 12.6. The Morgan fingerprint density at radius 2 is 1.30 bits per heavy atom. The van der Waals surface area contributed by atoms with Crippen LogP contribution in [0.3, 0.4) is 0 Å². The summed E-state index contributed by atoms with van der Waals surface area (Å²) >= 11 is 0. The van der Waals surface area contributed by atoms with Crippen molar-refractivity contribution in [2.24, 2.45) is 0 Å². The molecule has 0 spiro atoms. The Kier molecular flexibility index (Phi) is 5.13. The van der Waals surface area contributed by atoms with Crippen LogP contribution in [0.15, 0.2) is 59.5 Å². The van der Waals surface area contributed by atoms with Crippen molar-refractivity contribution in [2.45, 2.75) is 25.7 Å². The first kappa shape index (κ1) is 15.0. The van der Waals surface area contributed by atoms with Crippen LogP contribution in [-0.2, 0) is 0 Å². The van der Waals surface area contributed by atoms with Crippen molar-refractivity contribution in [2.75, 3.05) is 17.3 Å². The summed E-state index contributed by atoms with van der Waals surface area (Å²) in [4.78, 5) is 1.41. The quantitative estimate of drug-likeness (QED) is 0.662. The first-order valence-corrected chi connectivity index (χ1v) is 9.48. The zero-order valence-corrected chi connectivity index (χ0v) is 13.5. The van der Waals surface area contributed by atoms with E-state index in [-0.39, 0.29) is 0 Å². The van der Waals surface area contributed by atoms with Crippen molar-refractivity contribution in [3.05, 3.63) is 54.6 Å². The molecule has 0 unspecified atom stereocenters. The van der Waals surface area contributed by atoms with E-state index >= 15 is 0 Å². The maximum absolute atomic E-state index is 6.14. The summed E-state index contributed by atoms with van der Waals surface area (Å²) in [5, 5.41) is 0. The van der Waals surface area contributed by atoms with Crippen LogP contribution in [0, 0.1) is 0 Å². The SMILES string of the molecule is CCS(CC)(CC)c1ccccc1Oc1ccccc1. The van der Waals surface area contributed by atoms with Gasteiger partial charge in [-0.1, -0.05) is 51.1 Å². The predicted molar refractivity (Wildman–Crippen MR) is 90.4 cm³/mol. The lowest BCUT2D eigenvalue weighted by Gasteiger charge is -2.38. The van der Waals surface area contributed by atoms with Crippen molar-refractivity contribution >= 4 is 10.0 Å². The molecule has 2 aromatic carbocycles. The van der Waals surface area contributed by atoms with Gasteiger partial charge in [-0.05, 0) is 41.5 Å². The van der Waals surface area contributed by atoms with Gasteiger partial charge in [-0.15, -0.1) is 0 Å². The molecule has 20 heavy (non-hydrogen) atoms. The normalized spacial score (nSPS) is 12.2. The fraction of sp³-hybridized carbons (Fsp3) is 0.333. The Hall–Kier alpha value is -1.41. The summed E-state index contributed by atoms with van der Waals surface area (Å²) in [5.74, 6) is 5.59. The van der Waals surface area contributed by atoms with E-state index in [0.29, 0.717) is 0 Å². The van der Waals surface area contributed by atoms with Gasteiger partial charge in [-0.25, -0.2) is 10.0 Å². The molecule has 0 heterocycles. The third kappa shape index (κ3) is 3.01. The van der Waals surface area contributed by atoms with Crippen molar-refractivity contribution in [1.82, 2.24) is 0 Å². The molecule has 1 nitrogen and oxygen atoms in total. The van der Waals surface area contributed by atoms with Crippen LogP contribution in [0.5, 0.6) is 11.5 Å². The Morgan fingerprint density at radius 3 is 1.90 bits per heavy atom. The summed E-state index contributed by atoms with van der Waals surface area (Å²) in [7, 11) is -0.765. The van der Waals surface area contributed by atoms with Gasteiger partial charge in [0, 0.05) is 4.90 Å². The van der Waals surface area contributed by atoms with Gasteiger partial charge < -0.3 is 4.74 Å². The van der Waals surface area contributed by atoms with Crippen LogP contribution >= 0.6 is 10.0 Å². The molecule has 0 N–H and O–H groups in total. The highest BCUT2D eigenvalue weighted by atomic mass is 32.3. The number of para-hydroxylation sites is 2. The fourth-order valence-corrected chi connectivity index (χ4v) is 5.65. The van der Waals surface area contributed by atoms with Gasteiger partial charge in [0.1, 0.15) is 11.5 Å². The molecule has 0 radical (unpaired) electrons. The molecule has 0 aromatic heterocycles. The summed E-state index contributed by atoms with van der Waals surface area (Å²) in [6, 6.07) is 18.6. The molecule has 0 saturated heterocycles. The fourth-order valence-electron chi connectivity index (χ4n) is 2.59. The van der Waals surface area contributed by atoms with E-state index in [1.165, 1.54) is 22.2 Å². The van der Waals surface area contributed by atoms with Gasteiger partial charge in [0.25, 0.3) is 0 Å². The van der Waals surface area contributed by atoms with Gasteiger partial charge in [-0.3, -0.25) is 0 Å². The first-order valence-electron chi connectivity index (χ1n) is 7.34. The van der Waals surface area contributed by atoms with Gasteiger partial charge in [0.15, 0.2) is 0 Å². The minimum Gasteiger partial charge on any atom is -0.456 e. The predicted octanol–water partition coefficient (Wildman–Crippen LogP) is 5.70. The van der Waals surface area contributed by atoms with Gasteiger partial charge in [0.2, 0.25) is 0 Å². The molecule has 0 fully saturated rings. The molecule has 2 rings (SSSR count). The maximum Gasteiger partial charge on any atom is 0.139 e. The summed E-state index contributed by atoms with van der Waals surface area (Å²) in [6.07, 6.45) is 0. The molecule has 108 valence electrons. The lowest BCUT2D eigenvalue weighted by molar-refractivity contribution is 0.470. The molecule has 0 amide bonds. The molecular weight excluding hydrogens is 264 g/mol. The Labute approximate surface area is 124 Å². The van der Waals surface area contributed by atoms with E-state index in [1.807, 2.05) is 30.3 Å². The number of hydrogen-bond donors (Lipinski definition) is 0. The third-order valence-corrected chi connectivity index (χ3v) is 8.53. The molecule has 0 aliphatic heterocycles. The molecule has 0 aliphatic rings. The van der Waals surface area contributed by atoms with Crippen LogP contribution in [0.1, 0.15) is 20.8 Å². The van der Waals surface area contributed by atoms with Crippen LogP contribution < -0.4 is 4.74 Å².